The van der Waals surface area contributed by atoms with Crippen LogP contribution in [0.4, 0.5) is 0 Å². The third-order valence-corrected chi connectivity index (χ3v) is 4.91. The number of hydrogen-bond acceptors (Lipinski definition) is 4. The molecule has 0 amide bonds. The topological polar surface area (TPSA) is 48.3 Å². The largest absolute Gasteiger partial charge is 0.465 e. The third-order valence-electron chi connectivity index (χ3n) is 4.04. The number of thiophene rings is 1. The Hall–Kier alpha value is -1.88. The highest BCUT2D eigenvalue weighted by atomic mass is 32.1. The third kappa shape index (κ3) is 2.73. The van der Waals surface area contributed by atoms with E-state index in [0.717, 1.165) is 36.4 Å². The molecular formula is C17H19NO3S. The van der Waals surface area contributed by atoms with E-state index in [0.29, 0.717) is 12.3 Å². The number of carbonyl (C=O) groups is 2. The summed E-state index contributed by atoms with van der Waals surface area (Å²) in [5.41, 5.74) is 1.59. The normalized spacial score (nSPS) is 17.6. The van der Waals surface area contributed by atoms with Gasteiger partial charge in [0.05, 0.1) is 23.1 Å². The van der Waals surface area contributed by atoms with Crippen molar-refractivity contribution in [1.29, 1.82) is 0 Å². The number of hydrogen-bond donors (Lipinski definition) is 0. The van der Waals surface area contributed by atoms with Crippen molar-refractivity contribution in [3.63, 3.8) is 0 Å². The van der Waals surface area contributed by atoms with Crippen molar-refractivity contribution in [3.8, 4) is 0 Å². The second kappa shape index (κ2) is 6.48. The van der Waals surface area contributed by atoms with Crippen LogP contribution in [0.25, 0.3) is 0 Å². The molecule has 5 heteroatoms. The molecule has 4 nitrogen and oxygen atoms in total. The van der Waals surface area contributed by atoms with Crippen LogP contribution in [0.1, 0.15) is 53.2 Å². The maximum atomic E-state index is 12.6. The number of ketones is 1. The molecule has 2 aromatic rings. The lowest BCUT2D eigenvalue weighted by molar-refractivity contribution is -0.145. The van der Waals surface area contributed by atoms with Crippen molar-refractivity contribution in [2.24, 2.45) is 0 Å². The predicted octanol–water partition coefficient (Wildman–Crippen LogP) is 3.61. The fraction of sp³-hybridized carbons (Fsp3) is 0.412. The lowest BCUT2D eigenvalue weighted by Crippen LogP contribution is -2.19. The molecule has 0 saturated carbocycles. The van der Waals surface area contributed by atoms with Crippen molar-refractivity contribution < 1.29 is 14.3 Å². The van der Waals surface area contributed by atoms with Crippen molar-refractivity contribution >= 4 is 23.1 Å². The molecule has 0 aromatic carbocycles. The molecule has 0 radical (unpaired) electrons. The summed E-state index contributed by atoms with van der Waals surface area (Å²) in [4.78, 5) is 25.6. The number of aromatic nitrogens is 1. The number of nitrogens with zero attached hydrogens (tertiary/aromatic N) is 1. The highest BCUT2D eigenvalue weighted by molar-refractivity contribution is 7.12. The molecule has 3 heterocycles. The number of ether oxygens (including phenoxy) is 1. The highest BCUT2D eigenvalue weighted by Crippen LogP contribution is 2.31. The Bertz CT molecular complexity index is 672. The average molecular weight is 317 g/mol. The maximum absolute atomic E-state index is 12.6. The van der Waals surface area contributed by atoms with Gasteiger partial charge in [0.1, 0.15) is 0 Å². The van der Waals surface area contributed by atoms with Gasteiger partial charge in [-0.3, -0.25) is 9.59 Å². The molecule has 116 valence electrons. The fourth-order valence-electron chi connectivity index (χ4n) is 3.02. The average Bonchev–Trinajstić information content (AvgIpc) is 3.13. The first-order chi connectivity index (χ1) is 10.7. The number of esters is 1. The Morgan fingerprint density at radius 1 is 1.32 bits per heavy atom. The van der Waals surface area contributed by atoms with Gasteiger partial charge in [0.15, 0.2) is 0 Å². The molecule has 1 atom stereocenters. The summed E-state index contributed by atoms with van der Waals surface area (Å²) in [5.74, 6) is -0.406. The SMILES string of the molecule is CCOC(=O)C1CCCCn2c(C(=O)c3cccs3)ccc21. The molecule has 0 fully saturated rings. The molecule has 1 unspecified atom stereocenters. The lowest BCUT2D eigenvalue weighted by atomic mass is 10.00. The van der Waals surface area contributed by atoms with Gasteiger partial charge in [-0.2, -0.15) is 0 Å². The summed E-state index contributed by atoms with van der Waals surface area (Å²) in [6.07, 6.45) is 2.73. The molecule has 0 spiro atoms. The summed E-state index contributed by atoms with van der Waals surface area (Å²) in [5, 5.41) is 1.90. The first-order valence-corrected chi connectivity index (χ1v) is 8.54. The molecule has 1 aliphatic rings. The van der Waals surface area contributed by atoms with Crippen molar-refractivity contribution in [2.75, 3.05) is 6.61 Å². The van der Waals surface area contributed by atoms with Gasteiger partial charge in [0.25, 0.3) is 0 Å². The van der Waals surface area contributed by atoms with E-state index in [1.807, 2.05) is 41.1 Å². The van der Waals surface area contributed by atoms with Gasteiger partial charge >= 0.3 is 5.97 Å². The van der Waals surface area contributed by atoms with Crippen LogP contribution in [-0.4, -0.2) is 22.9 Å². The molecule has 2 aromatic heterocycles. The van der Waals surface area contributed by atoms with E-state index < -0.39 is 0 Å². The molecule has 3 rings (SSSR count). The van der Waals surface area contributed by atoms with Crippen molar-refractivity contribution in [2.45, 2.75) is 38.6 Å². The van der Waals surface area contributed by atoms with Crippen LogP contribution in [0.5, 0.6) is 0 Å². The fourth-order valence-corrected chi connectivity index (χ4v) is 3.69. The summed E-state index contributed by atoms with van der Waals surface area (Å²) in [6, 6.07) is 7.47. The number of fused-ring (bicyclic) bond motifs is 1. The van der Waals surface area contributed by atoms with Gasteiger partial charge < -0.3 is 9.30 Å². The minimum Gasteiger partial charge on any atom is -0.465 e. The quantitative estimate of drug-likeness (QED) is 0.639. The predicted molar refractivity (Wildman–Crippen MR) is 85.4 cm³/mol. The van der Waals surface area contributed by atoms with Gasteiger partial charge in [0.2, 0.25) is 5.78 Å². The smallest absolute Gasteiger partial charge is 0.314 e. The van der Waals surface area contributed by atoms with E-state index in [1.54, 1.807) is 0 Å². The number of rotatable bonds is 4. The van der Waals surface area contributed by atoms with Gasteiger partial charge in [-0.05, 0) is 43.3 Å². The highest BCUT2D eigenvalue weighted by Gasteiger charge is 2.29. The van der Waals surface area contributed by atoms with E-state index in [9.17, 15) is 9.59 Å². The lowest BCUT2D eigenvalue weighted by Gasteiger charge is -2.15. The molecule has 0 aliphatic carbocycles. The standard InChI is InChI=1S/C17H19NO3S/c1-2-21-17(20)12-6-3-4-10-18-13(12)8-9-14(18)16(19)15-7-5-11-22-15/h5,7-9,11-12H,2-4,6,10H2,1H3. The Labute approximate surface area is 133 Å². The van der Waals surface area contributed by atoms with Crippen LogP contribution in [0.15, 0.2) is 29.6 Å². The van der Waals surface area contributed by atoms with Crippen LogP contribution in [0, 0.1) is 0 Å². The molecule has 0 N–H and O–H groups in total. The zero-order valence-electron chi connectivity index (χ0n) is 12.6. The summed E-state index contributed by atoms with van der Waals surface area (Å²) < 4.78 is 7.21. The Morgan fingerprint density at radius 3 is 2.91 bits per heavy atom. The summed E-state index contributed by atoms with van der Waals surface area (Å²) in [6.45, 7) is 2.99. The van der Waals surface area contributed by atoms with E-state index in [1.165, 1.54) is 11.3 Å². The van der Waals surface area contributed by atoms with Crippen molar-refractivity contribution in [3.05, 3.63) is 45.9 Å². The maximum Gasteiger partial charge on any atom is 0.314 e. The van der Waals surface area contributed by atoms with Gasteiger partial charge in [0, 0.05) is 12.2 Å². The monoisotopic (exact) mass is 317 g/mol. The van der Waals surface area contributed by atoms with Crippen LogP contribution >= 0.6 is 11.3 Å². The summed E-state index contributed by atoms with van der Waals surface area (Å²) in [7, 11) is 0. The molecule has 0 saturated heterocycles. The van der Waals surface area contributed by atoms with Gasteiger partial charge in [-0.15, -0.1) is 11.3 Å². The van der Waals surface area contributed by atoms with Crippen LogP contribution in [-0.2, 0) is 16.1 Å². The minimum absolute atomic E-state index is 0.0331. The Balaban J connectivity index is 1.96. The zero-order chi connectivity index (χ0) is 15.5. The molecule has 1 aliphatic heterocycles. The van der Waals surface area contributed by atoms with E-state index in [4.69, 9.17) is 4.74 Å². The van der Waals surface area contributed by atoms with E-state index >= 15 is 0 Å². The van der Waals surface area contributed by atoms with Crippen LogP contribution in [0.3, 0.4) is 0 Å². The summed E-state index contributed by atoms with van der Waals surface area (Å²) >= 11 is 1.45. The number of carbonyl (C=O) groups excluding carboxylic acids is 2. The van der Waals surface area contributed by atoms with E-state index in [-0.39, 0.29) is 17.7 Å². The second-order valence-corrected chi connectivity index (χ2v) is 6.35. The van der Waals surface area contributed by atoms with Crippen molar-refractivity contribution in [1.82, 2.24) is 4.57 Å². The van der Waals surface area contributed by atoms with Crippen LogP contribution < -0.4 is 0 Å². The Morgan fingerprint density at radius 2 is 2.18 bits per heavy atom. The molecule has 22 heavy (non-hydrogen) atoms. The van der Waals surface area contributed by atoms with Crippen LogP contribution in [0.2, 0.25) is 0 Å². The minimum atomic E-state index is -0.257. The second-order valence-electron chi connectivity index (χ2n) is 5.40. The molecular weight excluding hydrogens is 298 g/mol. The van der Waals surface area contributed by atoms with Gasteiger partial charge in [-0.25, -0.2) is 0 Å². The van der Waals surface area contributed by atoms with Gasteiger partial charge in [-0.1, -0.05) is 12.5 Å². The first-order valence-electron chi connectivity index (χ1n) is 7.66. The van der Waals surface area contributed by atoms with E-state index in [2.05, 4.69) is 0 Å². The Kier molecular flexibility index (Phi) is 4.43. The zero-order valence-corrected chi connectivity index (χ0v) is 13.4. The first kappa shape index (κ1) is 15.0. The molecule has 0 bridgehead atoms.